The molecule has 0 aromatic heterocycles. The Bertz CT molecular complexity index is 712. The molecule has 0 spiro atoms. The van der Waals surface area contributed by atoms with Crippen LogP contribution in [-0.4, -0.2) is 12.6 Å². The third kappa shape index (κ3) is 6.37. The van der Waals surface area contributed by atoms with Crippen molar-refractivity contribution in [2.24, 2.45) is 0 Å². The highest BCUT2D eigenvalue weighted by Gasteiger charge is 2.13. The van der Waals surface area contributed by atoms with Crippen LogP contribution in [0.15, 0.2) is 91.0 Å². The van der Waals surface area contributed by atoms with Crippen molar-refractivity contribution in [3.8, 4) is 0 Å². The van der Waals surface area contributed by atoms with Gasteiger partial charge in [-0.15, -0.1) is 0 Å². The van der Waals surface area contributed by atoms with E-state index in [9.17, 15) is 0 Å². The lowest BCUT2D eigenvalue weighted by atomic mass is 9.87. The molecule has 1 nitrogen and oxygen atoms in total. The highest BCUT2D eigenvalue weighted by molar-refractivity contribution is 5.32. The third-order valence-corrected chi connectivity index (χ3v) is 5.28. The average Bonchev–Trinajstić information content (AvgIpc) is 2.74. The van der Waals surface area contributed by atoms with Gasteiger partial charge in [0.05, 0.1) is 0 Å². The predicted molar refractivity (Wildman–Crippen MR) is 116 cm³/mol. The van der Waals surface area contributed by atoms with Crippen molar-refractivity contribution in [3.63, 3.8) is 0 Å². The normalized spacial score (nSPS) is 12.2. The Balaban J connectivity index is 1.46. The fourth-order valence-electron chi connectivity index (χ4n) is 3.68. The number of nitrogens with one attached hydrogen (secondary N) is 1. The van der Waals surface area contributed by atoms with Gasteiger partial charge < -0.3 is 5.32 Å². The van der Waals surface area contributed by atoms with E-state index in [-0.39, 0.29) is 0 Å². The van der Waals surface area contributed by atoms with Crippen molar-refractivity contribution in [1.29, 1.82) is 0 Å². The van der Waals surface area contributed by atoms with Gasteiger partial charge in [0.1, 0.15) is 0 Å². The molecule has 3 rings (SSSR count). The van der Waals surface area contributed by atoms with E-state index in [0.717, 1.165) is 13.0 Å². The molecule has 3 aromatic carbocycles. The van der Waals surface area contributed by atoms with Gasteiger partial charge in [-0.2, -0.15) is 0 Å². The maximum atomic E-state index is 3.71. The standard InChI is InChI=1S/C26H31N/c1-22(19-20-23-12-5-2-6-13-23)27-21-11-18-26(24-14-7-3-8-15-24)25-16-9-4-10-17-25/h2-10,12-17,22,26-27H,11,18-21H2,1H3. The van der Waals surface area contributed by atoms with Gasteiger partial charge in [-0.1, -0.05) is 91.0 Å². The van der Waals surface area contributed by atoms with E-state index in [1.807, 2.05) is 0 Å². The first-order chi connectivity index (χ1) is 13.3. The van der Waals surface area contributed by atoms with E-state index < -0.39 is 0 Å². The molecule has 0 heterocycles. The van der Waals surface area contributed by atoms with E-state index in [0.29, 0.717) is 12.0 Å². The molecule has 0 amide bonds. The largest absolute Gasteiger partial charge is 0.314 e. The minimum atomic E-state index is 0.480. The van der Waals surface area contributed by atoms with Gasteiger partial charge in [-0.05, 0) is 55.8 Å². The lowest BCUT2D eigenvalue weighted by Gasteiger charge is -2.19. The molecule has 0 aliphatic heterocycles. The Morgan fingerprint density at radius 2 is 1.19 bits per heavy atom. The van der Waals surface area contributed by atoms with E-state index in [2.05, 4.69) is 103 Å². The summed E-state index contributed by atoms with van der Waals surface area (Å²) in [5.74, 6) is 0.480. The zero-order valence-electron chi connectivity index (χ0n) is 16.4. The van der Waals surface area contributed by atoms with Crippen LogP contribution in [0, 0.1) is 0 Å². The average molecular weight is 358 g/mol. The zero-order chi connectivity index (χ0) is 18.7. The summed E-state index contributed by atoms with van der Waals surface area (Å²) in [7, 11) is 0. The van der Waals surface area contributed by atoms with Crippen LogP contribution in [0.4, 0.5) is 0 Å². The fraction of sp³-hybridized carbons (Fsp3) is 0.308. The van der Waals surface area contributed by atoms with Gasteiger partial charge in [0.2, 0.25) is 0 Å². The van der Waals surface area contributed by atoms with Gasteiger partial charge in [0.25, 0.3) is 0 Å². The van der Waals surface area contributed by atoms with Gasteiger partial charge in [-0.25, -0.2) is 0 Å². The van der Waals surface area contributed by atoms with Crippen LogP contribution in [-0.2, 0) is 6.42 Å². The second-order valence-corrected chi connectivity index (χ2v) is 7.40. The molecule has 27 heavy (non-hydrogen) atoms. The van der Waals surface area contributed by atoms with E-state index >= 15 is 0 Å². The second-order valence-electron chi connectivity index (χ2n) is 7.40. The van der Waals surface area contributed by atoms with Crippen LogP contribution in [0.1, 0.15) is 48.8 Å². The first-order valence-electron chi connectivity index (χ1n) is 10.2. The van der Waals surface area contributed by atoms with Crippen LogP contribution in [0.2, 0.25) is 0 Å². The number of hydrogen-bond donors (Lipinski definition) is 1. The molecule has 0 fully saturated rings. The molecule has 0 aliphatic rings. The highest BCUT2D eigenvalue weighted by atomic mass is 14.9. The lowest BCUT2D eigenvalue weighted by Crippen LogP contribution is -2.27. The number of hydrogen-bond acceptors (Lipinski definition) is 1. The van der Waals surface area contributed by atoms with Crippen molar-refractivity contribution < 1.29 is 0 Å². The zero-order valence-corrected chi connectivity index (χ0v) is 16.4. The Kier molecular flexibility index (Phi) is 7.68. The number of rotatable bonds is 10. The summed E-state index contributed by atoms with van der Waals surface area (Å²) in [5.41, 5.74) is 4.26. The van der Waals surface area contributed by atoms with Crippen LogP contribution in [0.25, 0.3) is 0 Å². The van der Waals surface area contributed by atoms with E-state index in [1.165, 1.54) is 36.0 Å². The summed E-state index contributed by atoms with van der Waals surface area (Å²) in [4.78, 5) is 0. The van der Waals surface area contributed by atoms with Crippen LogP contribution < -0.4 is 5.32 Å². The van der Waals surface area contributed by atoms with Crippen molar-refractivity contribution in [2.75, 3.05) is 6.54 Å². The molecular formula is C26H31N. The first kappa shape index (κ1) is 19.4. The Labute approximate surface area is 164 Å². The summed E-state index contributed by atoms with van der Waals surface area (Å²) in [5, 5.41) is 3.71. The van der Waals surface area contributed by atoms with Crippen LogP contribution in [0.3, 0.4) is 0 Å². The number of aryl methyl sites for hydroxylation is 1. The SMILES string of the molecule is CC(CCc1ccccc1)NCCCC(c1ccccc1)c1ccccc1. The third-order valence-electron chi connectivity index (χ3n) is 5.28. The summed E-state index contributed by atoms with van der Waals surface area (Å²) < 4.78 is 0. The Hall–Kier alpha value is -2.38. The lowest BCUT2D eigenvalue weighted by molar-refractivity contribution is 0.493. The quantitative estimate of drug-likeness (QED) is 0.425. The van der Waals surface area contributed by atoms with E-state index in [1.54, 1.807) is 0 Å². The van der Waals surface area contributed by atoms with Crippen LogP contribution in [0.5, 0.6) is 0 Å². The molecule has 0 radical (unpaired) electrons. The topological polar surface area (TPSA) is 12.0 Å². The maximum absolute atomic E-state index is 3.71. The van der Waals surface area contributed by atoms with Crippen molar-refractivity contribution in [2.45, 2.75) is 44.6 Å². The molecule has 0 aliphatic carbocycles. The number of benzene rings is 3. The molecule has 1 N–H and O–H groups in total. The maximum Gasteiger partial charge on any atom is 0.00898 e. The minimum Gasteiger partial charge on any atom is -0.314 e. The molecule has 0 saturated carbocycles. The molecule has 0 bridgehead atoms. The molecule has 1 unspecified atom stereocenters. The minimum absolute atomic E-state index is 0.480. The van der Waals surface area contributed by atoms with Crippen molar-refractivity contribution in [1.82, 2.24) is 5.32 Å². The monoisotopic (exact) mass is 357 g/mol. The Morgan fingerprint density at radius 1 is 0.667 bits per heavy atom. The van der Waals surface area contributed by atoms with Gasteiger partial charge in [-0.3, -0.25) is 0 Å². The molecule has 1 atom stereocenters. The molecule has 1 heteroatoms. The summed E-state index contributed by atoms with van der Waals surface area (Å²) in [6.07, 6.45) is 4.69. The van der Waals surface area contributed by atoms with Gasteiger partial charge in [0.15, 0.2) is 0 Å². The Morgan fingerprint density at radius 3 is 1.74 bits per heavy atom. The summed E-state index contributed by atoms with van der Waals surface area (Å²) in [6.45, 7) is 3.38. The predicted octanol–water partition coefficient (Wildman–Crippen LogP) is 6.21. The summed E-state index contributed by atoms with van der Waals surface area (Å²) >= 11 is 0. The molecule has 140 valence electrons. The second kappa shape index (κ2) is 10.7. The van der Waals surface area contributed by atoms with E-state index in [4.69, 9.17) is 0 Å². The summed E-state index contributed by atoms with van der Waals surface area (Å²) in [6, 6.07) is 33.1. The first-order valence-corrected chi connectivity index (χ1v) is 10.2. The van der Waals surface area contributed by atoms with Crippen LogP contribution >= 0.6 is 0 Å². The van der Waals surface area contributed by atoms with Gasteiger partial charge in [0, 0.05) is 12.0 Å². The fourth-order valence-corrected chi connectivity index (χ4v) is 3.68. The highest BCUT2D eigenvalue weighted by Crippen LogP contribution is 2.28. The van der Waals surface area contributed by atoms with Crippen molar-refractivity contribution in [3.05, 3.63) is 108 Å². The molecule has 0 saturated heterocycles. The van der Waals surface area contributed by atoms with Crippen molar-refractivity contribution >= 4 is 0 Å². The smallest absolute Gasteiger partial charge is 0.00898 e. The van der Waals surface area contributed by atoms with Gasteiger partial charge >= 0.3 is 0 Å². The molecular weight excluding hydrogens is 326 g/mol. The molecule has 3 aromatic rings.